The van der Waals surface area contributed by atoms with E-state index < -0.39 is 5.97 Å². The van der Waals surface area contributed by atoms with Crippen LogP contribution in [0.25, 0.3) is 0 Å². The van der Waals surface area contributed by atoms with Crippen LogP contribution in [0.4, 0.5) is 0 Å². The van der Waals surface area contributed by atoms with Crippen molar-refractivity contribution in [3.63, 3.8) is 0 Å². The molecule has 6 heteroatoms. The van der Waals surface area contributed by atoms with E-state index >= 15 is 0 Å². The molecule has 17 heavy (non-hydrogen) atoms. The van der Waals surface area contributed by atoms with Crippen molar-refractivity contribution in [2.75, 3.05) is 19.8 Å². The number of rotatable bonds is 4. The average Bonchev–Trinajstić information content (AvgIpc) is 2.78. The van der Waals surface area contributed by atoms with E-state index in [1.165, 1.54) is 12.1 Å². The van der Waals surface area contributed by atoms with Gasteiger partial charge in [-0.3, -0.25) is 0 Å². The molecule has 0 saturated carbocycles. The van der Waals surface area contributed by atoms with Crippen molar-refractivity contribution in [1.29, 1.82) is 0 Å². The molecule has 0 bridgehead atoms. The Balaban J connectivity index is 2.01. The molecule has 2 rings (SSSR count). The monoisotopic (exact) mass is 257 g/mol. The van der Waals surface area contributed by atoms with Gasteiger partial charge in [0.05, 0.1) is 18.8 Å². The number of aromatic carboxylic acids is 1. The van der Waals surface area contributed by atoms with E-state index in [9.17, 15) is 4.79 Å². The van der Waals surface area contributed by atoms with Crippen molar-refractivity contribution in [2.24, 2.45) is 5.92 Å². The minimum Gasteiger partial charge on any atom is -0.478 e. The molecule has 0 aromatic carbocycles. The van der Waals surface area contributed by atoms with Crippen molar-refractivity contribution in [3.05, 3.63) is 22.8 Å². The van der Waals surface area contributed by atoms with Crippen molar-refractivity contribution in [1.82, 2.24) is 4.98 Å². The number of carboxylic acid groups (broad SMARTS) is 1. The van der Waals surface area contributed by atoms with Gasteiger partial charge in [0.25, 0.3) is 0 Å². The maximum Gasteiger partial charge on any atom is 0.335 e. The van der Waals surface area contributed by atoms with Gasteiger partial charge in [-0.25, -0.2) is 9.78 Å². The fourth-order valence-electron chi connectivity index (χ4n) is 1.59. The molecule has 1 fully saturated rings. The Hall–Kier alpha value is -1.33. The third-order valence-electron chi connectivity index (χ3n) is 2.51. The SMILES string of the molecule is O=C(O)c1cc(Cl)nc(OCC2CCOC2)c1. The Morgan fingerprint density at radius 2 is 2.47 bits per heavy atom. The van der Waals surface area contributed by atoms with Crippen LogP contribution in [0, 0.1) is 5.92 Å². The van der Waals surface area contributed by atoms with Crippen LogP contribution < -0.4 is 4.74 Å². The summed E-state index contributed by atoms with van der Waals surface area (Å²) >= 11 is 5.71. The van der Waals surface area contributed by atoms with Crippen LogP contribution in [-0.2, 0) is 4.74 Å². The zero-order valence-electron chi connectivity index (χ0n) is 9.06. The predicted octanol–water partition coefficient (Wildman–Crippen LogP) is 1.85. The van der Waals surface area contributed by atoms with E-state index in [0.29, 0.717) is 19.1 Å². The second kappa shape index (κ2) is 5.33. The van der Waals surface area contributed by atoms with Gasteiger partial charge in [0.2, 0.25) is 5.88 Å². The number of hydrogen-bond acceptors (Lipinski definition) is 4. The lowest BCUT2D eigenvalue weighted by Crippen LogP contribution is -2.12. The molecule has 0 radical (unpaired) electrons. The highest BCUT2D eigenvalue weighted by atomic mass is 35.5. The maximum absolute atomic E-state index is 10.8. The summed E-state index contributed by atoms with van der Waals surface area (Å²) in [6.45, 7) is 1.89. The molecule has 1 unspecified atom stereocenters. The summed E-state index contributed by atoms with van der Waals surface area (Å²) in [6.07, 6.45) is 0.951. The summed E-state index contributed by atoms with van der Waals surface area (Å²) in [5.41, 5.74) is 0.0719. The van der Waals surface area contributed by atoms with Gasteiger partial charge in [-0.2, -0.15) is 0 Å². The minimum absolute atomic E-state index is 0.0719. The van der Waals surface area contributed by atoms with Crippen molar-refractivity contribution in [2.45, 2.75) is 6.42 Å². The molecule has 1 atom stereocenters. The molecule has 1 aliphatic rings. The highest BCUT2D eigenvalue weighted by molar-refractivity contribution is 6.29. The Labute approximate surface area is 103 Å². The lowest BCUT2D eigenvalue weighted by Gasteiger charge is -2.10. The van der Waals surface area contributed by atoms with Gasteiger partial charge < -0.3 is 14.6 Å². The fourth-order valence-corrected chi connectivity index (χ4v) is 1.79. The molecule has 0 aliphatic carbocycles. The van der Waals surface area contributed by atoms with Crippen LogP contribution >= 0.6 is 11.6 Å². The molecule has 0 amide bonds. The predicted molar refractivity (Wildman–Crippen MR) is 60.6 cm³/mol. The highest BCUT2D eigenvalue weighted by Crippen LogP contribution is 2.19. The first kappa shape index (κ1) is 12.1. The average molecular weight is 258 g/mol. The molecule has 1 aromatic rings. The van der Waals surface area contributed by atoms with E-state index in [2.05, 4.69) is 4.98 Å². The van der Waals surface area contributed by atoms with Gasteiger partial charge >= 0.3 is 5.97 Å². The standard InChI is InChI=1S/C11H12ClNO4/c12-9-3-8(11(14)15)4-10(13-9)17-6-7-1-2-16-5-7/h3-4,7H,1-2,5-6H2,(H,14,15). The molecule has 2 heterocycles. The summed E-state index contributed by atoms with van der Waals surface area (Å²) in [5.74, 6) is -0.478. The van der Waals surface area contributed by atoms with Gasteiger partial charge in [-0.15, -0.1) is 0 Å². The van der Waals surface area contributed by atoms with Crippen molar-refractivity contribution in [3.8, 4) is 5.88 Å². The van der Waals surface area contributed by atoms with E-state index in [1.54, 1.807) is 0 Å². The van der Waals surface area contributed by atoms with Crippen LogP contribution in [0.5, 0.6) is 5.88 Å². The largest absolute Gasteiger partial charge is 0.478 e. The lowest BCUT2D eigenvalue weighted by molar-refractivity contribution is 0.0696. The Kier molecular flexibility index (Phi) is 3.81. The summed E-state index contributed by atoms with van der Waals surface area (Å²) < 4.78 is 10.6. The number of halogens is 1. The van der Waals surface area contributed by atoms with Crippen LogP contribution in [0.3, 0.4) is 0 Å². The Bertz CT molecular complexity index is 418. The number of hydrogen-bond donors (Lipinski definition) is 1. The molecule has 1 N–H and O–H groups in total. The summed E-state index contributed by atoms with van der Waals surface area (Å²) in [4.78, 5) is 14.7. The number of carbonyl (C=O) groups is 1. The molecule has 1 aromatic heterocycles. The molecular formula is C11H12ClNO4. The summed E-state index contributed by atoms with van der Waals surface area (Å²) in [6, 6.07) is 2.65. The Morgan fingerprint density at radius 3 is 3.12 bits per heavy atom. The maximum atomic E-state index is 10.8. The third-order valence-corrected chi connectivity index (χ3v) is 2.70. The van der Waals surface area contributed by atoms with Crippen LogP contribution in [0.1, 0.15) is 16.8 Å². The topological polar surface area (TPSA) is 68.7 Å². The third kappa shape index (κ3) is 3.31. The quantitative estimate of drug-likeness (QED) is 0.834. The van der Waals surface area contributed by atoms with Gasteiger partial charge in [0, 0.05) is 18.6 Å². The lowest BCUT2D eigenvalue weighted by atomic mass is 10.1. The van der Waals surface area contributed by atoms with Gasteiger partial charge in [-0.1, -0.05) is 11.6 Å². The van der Waals surface area contributed by atoms with Crippen LogP contribution in [-0.4, -0.2) is 35.9 Å². The number of carboxylic acids is 1. The molecule has 1 saturated heterocycles. The molecule has 5 nitrogen and oxygen atoms in total. The van der Waals surface area contributed by atoms with E-state index in [-0.39, 0.29) is 16.6 Å². The summed E-state index contributed by atoms with van der Waals surface area (Å²) in [7, 11) is 0. The normalized spacial score (nSPS) is 19.2. The van der Waals surface area contributed by atoms with Gasteiger partial charge in [0.15, 0.2) is 0 Å². The van der Waals surface area contributed by atoms with Crippen molar-refractivity contribution >= 4 is 17.6 Å². The second-order valence-corrected chi connectivity index (χ2v) is 4.25. The minimum atomic E-state index is -1.05. The second-order valence-electron chi connectivity index (χ2n) is 3.86. The molecule has 92 valence electrons. The Morgan fingerprint density at radius 1 is 1.65 bits per heavy atom. The first-order chi connectivity index (χ1) is 8.15. The van der Waals surface area contributed by atoms with E-state index in [0.717, 1.165) is 13.0 Å². The highest BCUT2D eigenvalue weighted by Gasteiger charge is 2.17. The zero-order chi connectivity index (χ0) is 12.3. The van der Waals surface area contributed by atoms with E-state index in [1.807, 2.05) is 0 Å². The van der Waals surface area contributed by atoms with E-state index in [4.69, 9.17) is 26.2 Å². The van der Waals surface area contributed by atoms with Crippen LogP contribution in [0.15, 0.2) is 12.1 Å². The van der Waals surface area contributed by atoms with Crippen molar-refractivity contribution < 1.29 is 19.4 Å². The number of ether oxygens (including phenoxy) is 2. The molecule has 1 aliphatic heterocycles. The number of pyridine rings is 1. The van der Waals surface area contributed by atoms with Gasteiger partial charge in [0.1, 0.15) is 5.15 Å². The molecule has 0 spiro atoms. The van der Waals surface area contributed by atoms with Crippen LogP contribution in [0.2, 0.25) is 5.15 Å². The smallest absolute Gasteiger partial charge is 0.335 e. The first-order valence-corrected chi connectivity index (χ1v) is 5.64. The zero-order valence-corrected chi connectivity index (χ0v) is 9.81. The van der Waals surface area contributed by atoms with Gasteiger partial charge in [-0.05, 0) is 12.5 Å². The number of aromatic nitrogens is 1. The first-order valence-electron chi connectivity index (χ1n) is 5.26. The summed E-state index contributed by atoms with van der Waals surface area (Å²) in [5, 5.41) is 8.96. The fraction of sp³-hybridized carbons (Fsp3) is 0.455. The number of nitrogens with zero attached hydrogens (tertiary/aromatic N) is 1. The molecular weight excluding hydrogens is 246 g/mol.